The van der Waals surface area contributed by atoms with Crippen molar-refractivity contribution >= 4 is 17.1 Å². The van der Waals surface area contributed by atoms with Gasteiger partial charge in [-0.1, -0.05) is 27.2 Å². The number of likely N-dealkylation sites (tertiary alicyclic amines) is 1. The highest BCUT2D eigenvalue weighted by Gasteiger charge is 2.27. The topological polar surface area (TPSA) is 59.4 Å². The Morgan fingerprint density at radius 3 is 2.77 bits per heavy atom. The molecule has 0 radical (unpaired) electrons. The highest BCUT2D eigenvalue weighted by atomic mass is 16.5. The summed E-state index contributed by atoms with van der Waals surface area (Å²) in [6, 6.07) is 6.23. The smallest absolute Gasteiger partial charge is 0.410 e. The Balaban J connectivity index is 2.00. The SMILES string of the molecule is CNC(=O)Oc1ccc2c(c1)nc(C(C)(C)C)n2CC1CCCCN1C. The number of rotatable bonds is 3. The molecule has 0 saturated carbocycles. The number of aromatic nitrogens is 2. The fraction of sp³-hybridized carbons (Fsp3) is 0.600. The summed E-state index contributed by atoms with van der Waals surface area (Å²) in [7, 11) is 3.77. The number of hydrogen-bond acceptors (Lipinski definition) is 4. The fourth-order valence-corrected chi connectivity index (χ4v) is 3.67. The molecular formula is C20H30N4O2. The van der Waals surface area contributed by atoms with Gasteiger partial charge in [0.25, 0.3) is 0 Å². The molecule has 0 aliphatic carbocycles. The standard InChI is InChI=1S/C20H30N4O2/c1-20(2,3)18-22-16-12-15(26-19(25)21-4)9-10-17(16)24(18)13-14-8-6-7-11-23(14)5/h9-10,12,14H,6-8,11,13H2,1-5H3,(H,21,25). The first-order valence-corrected chi connectivity index (χ1v) is 9.40. The summed E-state index contributed by atoms with van der Waals surface area (Å²) in [5.74, 6) is 1.58. The molecule has 26 heavy (non-hydrogen) atoms. The zero-order valence-corrected chi connectivity index (χ0v) is 16.5. The van der Waals surface area contributed by atoms with Crippen molar-refractivity contribution in [2.45, 2.75) is 58.0 Å². The Labute approximate surface area is 155 Å². The molecule has 1 aromatic heterocycles. The van der Waals surface area contributed by atoms with Crippen LogP contribution in [0, 0.1) is 0 Å². The van der Waals surface area contributed by atoms with Crippen LogP contribution in [-0.4, -0.2) is 47.2 Å². The largest absolute Gasteiger partial charge is 0.412 e. The molecule has 6 nitrogen and oxygen atoms in total. The zero-order valence-electron chi connectivity index (χ0n) is 16.5. The van der Waals surface area contributed by atoms with E-state index in [4.69, 9.17) is 9.72 Å². The molecule has 1 atom stereocenters. The van der Waals surface area contributed by atoms with Gasteiger partial charge in [-0.25, -0.2) is 9.78 Å². The van der Waals surface area contributed by atoms with Crippen LogP contribution in [0.15, 0.2) is 18.2 Å². The monoisotopic (exact) mass is 358 g/mol. The van der Waals surface area contributed by atoms with E-state index in [2.05, 4.69) is 42.6 Å². The fourth-order valence-electron chi connectivity index (χ4n) is 3.67. The minimum absolute atomic E-state index is 0.0614. The number of amides is 1. The third-order valence-electron chi connectivity index (χ3n) is 5.12. The van der Waals surface area contributed by atoms with Gasteiger partial charge in [0, 0.05) is 31.1 Å². The molecule has 1 unspecified atom stereocenters. The number of carbonyl (C=O) groups is 1. The van der Waals surface area contributed by atoms with Gasteiger partial charge in [0.2, 0.25) is 0 Å². The van der Waals surface area contributed by atoms with Crippen molar-refractivity contribution in [2.75, 3.05) is 20.6 Å². The summed E-state index contributed by atoms with van der Waals surface area (Å²) in [5.41, 5.74) is 1.90. The molecule has 2 heterocycles. The maximum atomic E-state index is 11.5. The second kappa shape index (κ2) is 7.27. The van der Waals surface area contributed by atoms with Crippen LogP contribution < -0.4 is 10.1 Å². The van der Waals surface area contributed by atoms with Gasteiger partial charge in [0.15, 0.2) is 0 Å². The summed E-state index contributed by atoms with van der Waals surface area (Å²) in [6.45, 7) is 8.67. The average Bonchev–Trinajstić information content (AvgIpc) is 2.95. The van der Waals surface area contributed by atoms with Gasteiger partial charge in [0.05, 0.1) is 11.0 Å². The highest BCUT2D eigenvalue weighted by molar-refractivity contribution is 5.79. The van der Waals surface area contributed by atoms with Crippen molar-refractivity contribution in [1.82, 2.24) is 19.8 Å². The zero-order chi connectivity index (χ0) is 18.9. The number of ether oxygens (including phenoxy) is 1. The lowest BCUT2D eigenvalue weighted by atomic mass is 9.95. The molecule has 3 rings (SSSR count). The van der Waals surface area contributed by atoms with Gasteiger partial charge in [-0.3, -0.25) is 0 Å². The van der Waals surface area contributed by atoms with Crippen molar-refractivity contribution < 1.29 is 9.53 Å². The number of fused-ring (bicyclic) bond motifs is 1. The Morgan fingerprint density at radius 2 is 2.12 bits per heavy atom. The van der Waals surface area contributed by atoms with E-state index in [0.717, 1.165) is 29.9 Å². The van der Waals surface area contributed by atoms with Crippen LogP contribution in [-0.2, 0) is 12.0 Å². The molecule has 1 amide bonds. The number of hydrogen-bond donors (Lipinski definition) is 1. The molecule has 1 N–H and O–H groups in total. The Morgan fingerprint density at radius 1 is 1.35 bits per heavy atom. The van der Waals surface area contributed by atoms with Crippen LogP contribution in [0.1, 0.15) is 45.9 Å². The summed E-state index contributed by atoms with van der Waals surface area (Å²) >= 11 is 0. The molecule has 2 aromatic rings. The van der Waals surface area contributed by atoms with Crippen LogP contribution in [0.2, 0.25) is 0 Å². The first-order chi connectivity index (χ1) is 12.3. The van der Waals surface area contributed by atoms with E-state index in [1.165, 1.54) is 19.3 Å². The van der Waals surface area contributed by atoms with Gasteiger partial charge in [-0.15, -0.1) is 0 Å². The van der Waals surface area contributed by atoms with Gasteiger partial charge in [-0.2, -0.15) is 0 Å². The summed E-state index contributed by atoms with van der Waals surface area (Å²) in [6.07, 6.45) is 3.32. The number of benzene rings is 1. The van der Waals surface area contributed by atoms with Crippen LogP contribution in [0.3, 0.4) is 0 Å². The summed E-state index contributed by atoms with van der Waals surface area (Å²) in [5, 5.41) is 2.47. The maximum Gasteiger partial charge on any atom is 0.412 e. The van der Waals surface area contributed by atoms with Crippen molar-refractivity contribution in [3.05, 3.63) is 24.0 Å². The third kappa shape index (κ3) is 3.85. The van der Waals surface area contributed by atoms with E-state index in [0.29, 0.717) is 11.8 Å². The molecule has 0 bridgehead atoms. The lowest BCUT2D eigenvalue weighted by Crippen LogP contribution is -2.40. The molecule has 1 aromatic carbocycles. The molecule has 1 aliphatic rings. The van der Waals surface area contributed by atoms with Crippen LogP contribution in [0.25, 0.3) is 11.0 Å². The van der Waals surface area contributed by atoms with Crippen molar-refractivity contribution in [3.63, 3.8) is 0 Å². The lowest BCUT2D eigenvalue weighted by molar-refractivity contribution is 0.166. The van der Waals surface area contributed by atoms with E-state index in [-0.39, 0.29) is 5.41 Å². The van der Waals surface area contributed by atoms with Crippen LogP contribution >= 0.6 is 0 Å². The van der Waals surface area contributed by atoms with Crippen molar-refractivity contribution in [1.29, 1.82) is 0 Å². The molecule has 1 saturated heterocycles. The van der Waals surface area contributed by atoms with Crippen LogP contribution in [0.5, 0.6) is 5.75 Å². The first-order valence-electron chi connectivity index (χ1n) is 9.40. The molecule has 1 aliphatic heterocycles. The normalized spacial score (nSPS) is 18.9. The number of piperidine rings is 1. The second-order valence-electron chi connectivity index (χ2n) is 8.22. The predicted molar refractivity (Wildman–Crippen MR) is 104 cm³/mol. The molecule has 6 heteroatoms. The van der Waals surface area contributed by atoms with Gasteiger partial charge < -0.3 is 19.5 Å². The summed E-state index contributed by atoms with van der Waals surface area (Å²) < 4.78 is 7.62. The maximum absolute atomic E-state index is 11.5. The number of imidazole rings is 1. The Bertz CT molecular complexity index is 791. The molecule has 1 fully saturated rings. The predicted octanol–water partition coefficient (Wildman–Crippen LogP) is 3.54. The Hall–Kier alpha value is -2.08. The lowest BCUT2D eigenvalue weighted by Gasteiger charge is -2.34. The molecule has 0 spiro atoms. The minimum Gasteiger partial charge on any atom is -0.410 e. The van der Waals surface area contributed by atoms with E-state index < -0.39 is 6.09 Å². The average molecular weight is 358 g/mol. The molecular weight excluding hydrogens is 328 g/mol. The quantitative estimate of drug-likeness (QED) is 0.912. The van der Waals surface area contributed by atoms with E-state index in [1.54, 1.807) is 7.05 Å². The van der Waals surface area contributed by atoms with Crippen LogP contribution in [0.4, 0.5) is 4.79 Å². The third-order valence-corrected chi connectivity index (χ3v) is 5.12. The van der Waals surface area contributed by atoms with Gasteiger partial charge >= 0.3 is 6.09 Å². The van der Waals surface area contributed by atoms with Crippen molar-refractivity contribution in [3.8, 4) is 5.75 Å². The van der Waals surface area contributed by atoms with Gasteiger partial charge in [0.1, 0.15) is 11.6 Å². The van der Waals surface area contributed by atoms with E-state index in [9.17, 15) is 4.79 Å². The second-order valence-corrected chi connectivity index (χ2v) is 8.22. The van der Waals surface area contributed by atoms with Gasteiger partial charge in [-0.05, 0) is 38.6 Å². The Kier molecular flexibility index (Phi) is 5.23. The van der Waals surface area contributed by atoms with E-state index >= 15 is 0 Å². The molecule has 142 valence electrons. The van der Waals surface area contributed by atoms with Crippen molar-refractivity contribution in [2.24, 2.45) is 0 Å². The number of carbonyl (C=O) groups excluding carboxylic acids is 1. The number of nitrogens with zero attached hydrogens (tertiary/aromatic N) is 3. The van der Waals surface area contributed by atoms with E-state index in [1.807, 2.05) is 18.2 Å². The summed E-state index contributed by atoms with van der Waals surface area (Å²) in [4.78, 5) is 18.8. The highest BCUT2D eigenvalue weighted by Crippen LogP contribution is 2.30. The number of likely N-dealkylation sites (N-methyl/N-ethyl adjacent to an activating group) is 1. The first kappa shape index (κ1) is 18.7. The minimum atomic E-state index is -0.469. The number of nitrogens with one attached hydrogen (secondary N) is 1.